The molecule has 0 unspecified atom stereocenters. The van der Waals surface area contributed by atoms with Crippen LogP contribution in [0.5, 0.6) is 0 Å². The Hall–Kier alpha value is -1.37. The van der Waals surface area contributed by atoms with Crippen LogP contribution >= 0.6 is 0 Å². The molecule has 1 aliphatic rings. The summed E-state index contributed by atoms with van der Waals surface area (Å²) in [5, 5.41) is 0. The summed E-state index contributed by atoms with van der Waals surface area (Å²) >= 11 is 0. The predicted octanol–water partition coefficient (Wildman–Crippen LogP) is 3.94. The van der Waals surface area contributed by atoms with Gasteiger partial charge in [0.15, 0.2) is 0 Å². The Labute approximate surface area is 91.6 Å². The molecule has 0 aromatic carbocycles. The van der Waals surface area contributed by atoms with Gasteiger partial charge in [0.1, 0.15) is 0 Å². The second kappa shape index (κ2) is 4.43. The van der Waals surface area contributed by atoms with Gasteiger partial charge in [0, 0.05) is 5.69 Å². The van der Waals surface area contributed by atoms with E-state index in [2.05, 4.69) is 50.3 Å². The monoisotopic (exact) mass is 199 g/mol. The molecule has 0 saturated carbocycles. The van der Waals surface area contributed by atoms with E-state index in [1.807, 2.05) is 0 Å². The lowest BCUT2D eigenvalue weighted by Gasteiger charge is -2.11. The van der Waals surface area contributed by atoms with Gasteiger partial charge in [0.05, 0.1) is 5.69 Å². The van der Waals surface area contributed by atoms with Gasteiger partial charge < -0.3 is 0 Å². The number of hydrogen-bond acceptors (Lipinski definition) is 1. The van der Waals surface area contributed by atoms with E-state index in [9.17, 15) is 0 Å². The van der Waals surface area contributed by atoms with E-state index >= 15 is 0 Å². The number of allylic oxidation sites excluding steroid dienone is 4. The van der Waals surface area contributed by atoms with Crippen molar-refractivity contribution in [3.8, 4) is 0 Å². The maximum atomic E-state index is 4.69. The third-order valence-electron chi connectivity index (χ3n) is 2.70. The third kappa shape index (κ3) is 2.35. The number of pyridine rings is 1. The molecule has 0 spiro atoms. The maximum Gasteiger partial charge on any atom is 0.0665 e. The van der Waals surface area contributed by atoms with E-state index in [-0.39, 0.29) is 0 Å². The van der Waals surface area contributed by atoms with Crippen molar-refractivity contribution in [2.45, 2.75) is 32.6 Å². The van der Waals surface area contributed by atoms with E-state index in [0.717, 1.165) is 18.5 Å². The van der Waals surface area contributed by atoms with Crippen molar-refractivity contribution in [1.82, 2.24) is 4.98 Å². The highest BCUT2D eigenvalue weighted by atomic mass is 14.7. The van der Waals surface area contributed by atoms with Crippen LogP contribution in [0.4, 0.5) is 0 Å². The summed E-state index contributed by atoms with van der Waals surface area (Å²) in [6.07, 6.45) is 8.76. The van der Waals surface area contributed by atoms with Gasteiger partial charge >= 0.3 is 0 Å². The van der Waals surface area contributed by atoms with Crippen LogP contribution in [0.2, 0.25) is 0 Å². The molecule has 1 aliphatic carbocycles. The first-order chi connectivity index (χ1) is 7.27. The Morgan fingerprint density at radius 2 is 2.13 bits per heavy atom. The van der Waals surface area contributed by atoms with Crippen LogP contribution in [0.1, 0.15) is 44.0 Å². The standard InChI is InChI=1S/C14H17N/c1-11(2)13-9-6-10-14(15-13)12-7-4-3-5-8-12/h3-4,6-7,9-11H,5,8H2,1-2H3. The molecule has 1 aromatic rings. The predicted molar refractivity (Wildman–Crippen MR) is 64.7 cm³/mol. The van der Waals surface area contributed by atoms with Crippen LogP contribution in [-0.2, 0) is 0 Å². The smallest absolute Gasteiger partial charge is 0.0665 e. The maximum absolute atomic E-state index is 4.69. The van der Waals surface area contributed by atoms with E-state index in [1.165, 1.54) is 11.3 Å². The zero-order chi connectivity index (χ0) is 10.7. The molecule has 0 amide bonds. The number of hydrogen-bond donors (Lipinski definition) is 0. The zero-order valence-electron chi connectivity index (χ0n) is 9.40. The fraction of sp³-hybridized carbons (Fsp3) is 0.357. The van der Waals surface area contributed by atoms with Crippen molar-refractivity contribution in [2.24, 2.45) is 0 Å². The molecular weight excluding hydrogens is 182 g/mol. The van der Waals surface area contributed by atoms with Gasteiger partial charge in [-0.05, 0) is 36.5 Å². The third-order valence-corrected chi connectivity index (χ3v) is 2.70. The van der Waals surface area contributed by atoms with E-state index in [0.29, 0.717) is 5.92 Å². The molecule has 15 heavy (non-hydrogen) atoms. The summed E-state index contributed by atoms with van der Waals surface area (Å²) in [5.74, 6) is 0.504. The highest BCUT2D eigenvalue weighted by Gasteiger charge is 2.06. The van der Waals surface area contributed by atoms with E-state index < -0.39 is 0 Å². The van der Waals surface area contributed by atoms with Crippen LogP contribution < -0.4 is 0 Å². The molecule has 78 valence electrons. The molecule has 1 heterocycles. The summed E-state index contributed by atoms with van der Waals surface area (Å²) in [6, 6.07) is 6.32. The first-order valence-electron chi connectivity index (χ1n) is 5.60. The Kier molecular flexibility index (Phi) is 3.00. The van der Waals surface area contributed by atoms with E-state index in [1.54, 1.807) is 0 Å². The Balaban J connectivity index is 2.32. The lowest BCUT2D eigenvalue weighted by molar-refractivity contribution is 0.818. The summed E-state index contributed by atoms with van der Waals surface area (Å²) in [7, 11) is 0. The minimum atomic E-state index is 0.504. The van der Waals surface area contributed by atoms with Crippen molar-refractivity contribution in [3.05, 3.63) is 47.8 Å². The molecule has 0 aliphatic heterocycles. The quantitative estimate of drug-likeness (QED) is 0.703. The summed E-state index contributed by atoms with van der Waals surface area (Å²) < 4.78 is 0. The highest BCUT2D eigenvalue weighted by Crippen LogP contribution is 2.23. The summed E-state index contributed by atoms with van der Waals surface area (Å²) in [5.41, 5.74) is 3.69. The fourth-order valence-corrected chi connectivity index (χ4v) is 1.77. The second-order valence-corrected chi connectivity index (χ2v) is 4.26. The zero-order valence-corrected chi connectivity index (χ0v) is 9.40. The van der Waals surface area contributed by atoms with Crippen LogP contribution in [0.15, 0.2) is 36.4 Å². The van der Waals surface area contributed by atoms with Crippen molar-refractivity contribution in [2.75, 3.05) is 0 Å². The number of nitrogens with zero attached hydrogens (tertiary/aromatic N) is 1. The van der Waals surface area contributed by atoms with Gasteiger partial charge in [0.2, 0.25) is 0 Å². The molecule has 1 heteroatoms. The lowest BCUT2D eigenvalue weighted by Crippen LogP contribution is -1.97. The first-order valence-corrected chi connectivity index (χ1v) is 5.60. The van der Waals surface area contributed by atoms with Gasteiger partial charge in [-0.1, -0.05) is 38.1 Å². The minimum absolute atomic E-state index is 0.504. The van der Waals surface area contributed by atoms with Crippen molar-refractivity contribution < 1.29 is 0 Å². The van der Waals surface area contributed by atoms with Crippen molar-refractivity contribution in [3.63, 3.8) is 0 Å². The average molecular weight is 199 g/mol. The number of rotatable bonds is 2. The SMILES string of the molecule is CC(C)c1cccc(C2=CC=CCC2)n1. The molecule has 0 radical (unpaired) electrons. The second-order valence-electron chi connectivity index (χ2n) is 4.26. The molecule has 0 bridgehead atoms. The Morgan fingerprint density at radius 3 is 2.80 bits per heavy atom. The molecule has 2 rings (SSSR count). The molecule has 0 N–H and O–H groups in total. The average Bonchev–Trinajstić information content (AvgIpc) is 2.30. The van der Waals surface area contributed by atoms with Gasteiger partial charge in [-0.2, -0.15) is 0 Å². The molecule has 0 atom stereocenters. The summed E-state index contributed by atoms with van der Waals surface area (Å²) in [4.78, 5) is 4.69. The highest BCUT2D eigenvalue weighted by molar-refractivity contribution is 5.65. The largest absolute Gasteiger partial charge is 0.253 e. The molecular formula is C14H17N. The molecule has 1 aromatic heterocycles. The van der Waals surface area contributed by atoms with Gasteiger partial charge in [-0.25, -0.2) is 0 Å². The molecule has 1 nitrogen and oxygen atoms in total. The Morgan fingerprint density at radius 1 is 1.27 bits per heavy atom. The van der Waals surface area contributed by atoms with Gasteiger partial charge in [-0.3, -0.25) is 4.98 Å². The van der Waals surface area contributed by atoms with Gasteiger partial charge in [0.25, 0.3) is 0 Å². The van der Waals surface area contributed by atoms with Crippen LogP contribution in [0.3, 0.4) is 0 Å². The van der Waals surface area contributed by atoms with Crippen molar-refractivity contribution >= 4 is 5.57 Å². The first kappa shape index (κ1) is 10.2. The fourth-order valence-electron chi connectivity index (χ4n) is 1.77. The van der Waals surface area contributed by atoms with Gasteiger partial charge in [-0.15, -0.1) is 0 Å². The minimum Gasteiger partial charge on any atom is -0.253 e. The van der Waals surface area contributed by atoms with E-state index in [4.69, 9.17) is 4.98 Å². The molecule has 0 saturated heterocycles. The topological polar surface area (TPSA) is 12.9 Å². The lowest BCUT2D eigenvalue weighted by atomic mass is 10.0. The normalized spacial score (nSPS) is 15.5. The number of aromatic nitrogens is 1. The van der Waals surface area contributed by atoms with Crippen LogP contribution in [0, 0.1) is 0 Å². The van der Waals surface area contributed by atoms with Crippen LogP contribution in [-0.4, -0.2) is 4.98 Å². The summed E-state index contributed by atoms with van der Waals surface area (Å²) in [6.45, 7) is 4.36. The molecule has 0 fully saturated rings. The van der Waals surface area contributed by atoms with Crippen molar-refractivity contribution in [1.29, 1.82) is 0 Å². The van der Waals surface area contributed by atoms with Crippen LogP contribution in [0.25, 0.3) is 5.57 Å². The Bertz CT molecular complexity index is 400.